The van der Waals surface area contributed by atoms with Gasteiger partial charge in [-0.05, 0) is 25.5 Å². The van der Waals surface area contributed by atoms with E-state index in [0.29, 0.717) is 24.8 Å². The minimum atomic E-state index is -0.163. The number of H-pyrrole nitrogens is 1. The largest absolute Gasteiger partial charge is 0.373 e. The van der Waals surface area contributed by atoms with E-state index in [2.05, 4.69) is 32.3 Å². The number of hydrogen-bond acceptors (Lipinski definition) is 5. The molecule has 2 fully saturated rings. The van der Waals surface area contributed by atoms with Crippen molar-refractivity contribution in [3.63, 3.8) is 0 Å². The van der Waals surface area contributed by atoms with Crippen molar-refractivity contribution in [1.29, 1.82) is 0 Å². The van der Waals surface area contributed by atoms with Gasteiger partial charge in [0, 0.05) is 44.1 Å². The van der Waals surface area contributed by atoms with Gasteiger partial charge in [0.05, 0.1) is 18.8 Å². The number of imidazole rings is 1. The quantitative estimate of drug-likeness (QED) is 0.810. The van der Waals surface area contributed by atoms with Gasteiger partial charge in [-0.15, -0.1) is 0 Å². The summed E-state index contributed by atoms with van der Waals surface area (Å²) in [6.07, 6.45) is 5.96. The Kier molecular flexibility index (Phi) is 4.78. The van der Waals surface area contributed by atoms with Crippen LogP contribution in [0.2, 0.25) is 0 Å². The summed E-state index contributed by atoms with van der Waals surface area (Å²) in [6, 6.07) is 1.89. The molecule has 3 heterocycles. The average molecular weight is 358 g/mol. The van der Waals surface area contributed by atoms with Crippen molar-refractivity contribution in [3.8, 4) is 0 Å². The van der Waals surface area contributed by atoms with Gasteiger partial charge in [0.15, 0.2) is 0 Å². The van der Waals surface area contributed by atoms with Crippen LogP contribution in [-0.4, -0.2) is 62.9 Å². The third-order valence-electron chi connectivity index (χ3n) is 5.30. The first-order chi connectivity index (χ1) is 12.7. The first-order valence-electron chi connectivity index (χ1n) is 9.33. The molecule has 8 heteroatoms. The summed E-state index contributed by atoms with van der Waals surface area (Å²) in [5.41, 5.74) is 1.51. The average Bonchev–Trinajstić information content (AvgIpc) is 3.23. The van der Waals surface area contributed by atoms with E-state index in [1.807, 2.05) is 23.9 Å². The topological polar surface area (TPSA) is 88.1 Å². The predicted molar refractivity (Wildman–Crippen MR) is 95.8 cm³/mol. The minimum absolute atomic E-state index is 0.0234. The van der Waals surface area contributed by atoms with Crippen molar-refractivity contribution < 1.29 is 9.53 Å². The van der Waals surface area contributed by atoms with Crippen LogP contribution < -0.4 is 5.32 Å². The lowest BCUT2D eigenvalue weighted by Gasteiger charge is -2.40. The highest BCUT2D eigenvalue weighted by Crippen LogP contribution is 2.39. The van der Waals surface area contributed by atoms with Crippen molar-refractivity contribution in [2.45, 2.75) is 37.8 Å². The van der Waals surface area contributed by atoms with E-state index in [1.54, 1.807) is 6.20 Å². The van der Waals surface area contributed by atoms with Crippen LogP contribution in [0.4, 0.5) is 0 Å². The number of carbonyl (C=O) groups excluding carboxylic acids is 1. The Hall–Kier alpha value is -2.19. The Bertz CT molecular complexity index is 765. The summed E-state index contributed by atoms with van der Waals surface area (Å²) in [5.74, 6) is 1.35. The van der Waals surface area contributed by atoms with Gasteiger partial charge in [0.25, 0.3) is 5.91 Å². The molecular weight excluding hydrogens is 332 g/mol. The molecule has 1 saturated heterocycles. The minimum Gasteiger partial charge on any atom is -0.373 e. The van der Waals surface area contributed by atoms with Gasteiger partial charge >= 0.3 is 0 Å². The number of carbonyl (C=O) groups is 1. The van der Waals surface area contributed by atoms with Gasteiger partial charge in [-0.1, -0.05) is 6.92 Å². The second kappa shape index (κ2) is 7.20. The SMILES string of the molecule is CCN1CCO[C@@H](CNC(=O)c2cc(C3CC3)[nH]n2)[C@@H]1c1nccn1C. The van der Waals surface area contributed by atoms with Crippen molar-refractivity contribution >= 4 is 5.91 Å². The fourth-order valence-corrected chi connectivity index (χ4v) is 3.64. The van der Waals surface area contributed by atoms with E-state index in [9.17, 15) is 4.79 Å². The van der Waals surface area contributed by atoms with Gasteiger partial charge < -0.3 is 14.6 Å². The van der Waals surface area contributed by atoms with Crippen molar-refractivity contribution in [2.24, 2.45) is 7.05 Å². The van der Waals surface area contributed by atoms with Crippen LogP contribution in [-0.2, 0) is 11.8 Å². The molecule has 1 aliphatic heterocycles. The molecule has 0 aromatic carbocycles. The number of nitrogens with one attached hydrogen (secondary N) is 2. The number of aromatic amines is 1. The van der Waals surface area contributed by atoms with Crippen molar-refractivity contribution in [3.05, 3.63) is 35.7 Å². The number of nitrogens with zero attached hydrogens (tertiary/aromatic N) is 4. The molecule has 4 rings (SSSR count). The zero-order valence-corrected chi connectivity index (χ0v) is 15.3. The van der Waals surface area contributed by atoms with Crippen LogP contribution in [0.5, 0.6) is 0 Å². The number of ether oxygens (including phenoxy) is 1. The van der Waals surface area contributed by atoms with Crippen LogP contribution in [0.15, 0.2) is 18.5 Å². The number of hydrogen-bond donors (Lipinski definition) is 2. The fraction of sp³-hybridized carbons (Fsp3) is 0.611. The molecule has 2 aromatic rings. The van der Waals surface area contributed by atoms with E-state index in [0.717, 1.165) is 24.6 Å². The van der Waals surface area contributed by atoms with E-state index < -0.39 is 0 Å². The number of morpholine rings is 1. The molecular formula is C18H26N6O2. The number of amides is 1. The maximum atomic E-state index is 12.5. The van der Waals surface area contributed by atoms with E-state index in [4.69, 9.17) is 4.74 Å². The molecule has 8 nitrogen and oxygen atoms in total. The molecule has 2 aromatic heterocycles. The van der Waals surface area contributed by atoms with Gasteiger partial charge in [0.2, 0.25) is 0 Å². The maximum absolute atomic E-state index is 12.5. The summed E-state index contributed by atoms with van der Waals surface area (Å²) >= 11 is 0. The fourth-order valence-electron chi connectivity index (χ4n) is 3.64. The molecule has 2 aliphatic rings. The highest BCUT2D eigenvalue weighted by atomic mass is 16.5. The maximum Gasteiger partial charge on any atom is 0.271 e. The molecule has 1 saturated carbocycles. The molecule has 1 amide bonds. The monoisotopic (exact) mass is 358 g/mol. The normalized spacial score (nSPS) is 23.9. The summed E-state index contributed by atoms with van der Waals surface area (Å²) in [6.45, 7) is 5.00. The number of likely N-dealkylation sites (N-methyl/N-ethyl adjacent to an activating group) is 1. The van der Waals surface area contributed by atoms with Gasteiger partial charge in [-0.25, -0.2) is 4.98 Å². The van der Waals surface area contributed by atoms with E-state index in [1.165, 1.54) is 12.8 Å². The molecule has 0 unspecified atom stereocenters. The molecule has 26 heavy (non-hydrogen) atoms. The Morgan fingerprint density at radius 2 is 2.31 bits per heavy atom. The third kappa shape index (κ3) is 3.39. The number of aromatic nitrogens is 4. The summed E-state index contributed by atoms with van der Waals surface area (Å²) in [4.78, 5) is 19.3. The van der Waals surface area contributed by atoms with Gasteiger partial charge in [0.1, 0.15) is 11.5 Å². The Morgan fingerprint density at radius 1 is 1.46 bits per heavy atom. The first-order valence-corrected chi connectivity index (χ1v) is 9.33. The van der Waals surface area contributed by atoms with Crippen LogP contribution in [0.1, 0.15) is 53.7 Å². The standard InChI is InChI=1S/C18H26N6O2/c1-3-24-8-9-26-15(16(24)17-19-6-7-23(17)2)11-20-18(25)14-10-13(21-22-14)12-4-5-12/h6-7,10,12,15-16H,3-5,8-9,11H2,1-2H3,(H,20,25)(H,21,22)/t15-,16+/m0/s1. The molecule has 2 N–H and O–H groups in total. The lowest BCUT2D eigenvalue weighted by atomic mass is 10.1. The van der Waals surface area contributed by atoms with Gasteiger partial charge in [-0.3, -0.25) is 14.8 Å². The second-order valence-corrected chi connectivity index (χ2v) is 7.07. The Labute approximate surface area is 152 Å². The van der Waals surface area contributed by atoms with Crippen molar-refractivity contribution in [1.82, 2.24) is 30.0 Å². The van der Waals surface area contributed by atoms with E-state index in [-0.39, 0.29) is 18.1 Å². The van der Waals surface area contributed by atoms with Crippen LogP contribution in [0.3, 0.4) is 0 Å². The first kappa shape index (κ1) is 17.2. The van der Waals surface area contributed by atoms with Gasteiger partial charge in [-0.2, -0.15) is 5.10 Å². The number of aryl methyl sites for hydroxylation is 1. The molecule has 140 valence electrons. The summed E-state index contributed by atoms with van der Waals surface area (Å²) < 4.78 is 8.02. The molecule has 0 spiro atoms. The Morgan fingerprint density at radius 3 is 3.00 bits per heavy atom. The molecule has 0 radical (unpaired) electrons. The van der Waals surface area contributed by atoms with Crippen molar-refractivity contribution in [2.75, 3.05) is 26.2 Å². The summed E-state index contributed by atoms with van der Waals surface area (Å²) in [5, 5.41) is 10.1. The highest BCUT2D eigenvalue weighted by molar-refractivity contribution is 5.92. The highest BCUT2D eigenvalue weighted by Gasteiger charge is 2.35. The zero-order valence-electron chi connectivity index (χ0n) is 15.3. The molecule has 1 aliphatic carbocycles. The predicted octanol–water partition coefficient (Wildman–Crippen LogP) is 1.21. The smallest absolute Gasteiger partial charge is 0.271 e. The molecule has 2 atom stereocenters. The Balaban J connectivity index is 1.44. The summed E-state index contributed by atoms with van der Waals surface area (Å²) in [7, 11) is 1.99. The van der Waals surface area contributed by atoms with Crippen LogP contribution in [0, 0.1) is 0 Å². The van der Waals surface area contributed by atoms with E-state index >= 15 is 0 Å². The van der Waals surface area contributed by atoms with Crippen LogP contribution in [0.25, 0.3) is 0 Å². The zero-order chi connectivity index (χ0) is 18.1. The molecule has 0 bridgehead atoms. The lowest BCUT2D eigenvalue weighted by molar-refractivity contribution is -0.0720. The third-order valence-corrected chi connectivity index (χ3v) is 5.30. The second-order valence-electron chi connectivity index (χ2n) is 7.07. The number of rotatable bonds is 6. The lowest BCUT2D eigenvalue weighted by Crippen LogP contribution is -2.50. The van der Waals surface area contributed by atoms with Crippen LogP contribution >= 0.6 is 0 Å².